The van der Waals surface area contributed by atoms with E-state index in [1.54, 1.807) is 11.1 Å². The summed E-state index contributed by atoms with van der Waals surface area (Å²) in [5.74, 6) is 1.43. The fourth-order valence-electron chi connectivity index (χ4n) is 3.80. The molecule has 2 aromatic carbocycles. The predicted molar refractivity (Wildman–Crippen MR) is 84.6 cm³/mol. The molecule has 0 spiro atoms. The van der Waals surface area contributed by atoms with Crippen LogP contribution in [0.3, 0.4) is 0 Å². The summed E-state index contributed by atoms with van der Waals surface area (Å²) in [6.45, 7) is 4.78. The van der Waals surface area contributed by atoms with Crippen LogP contribution in [0, 0.1) is 16.4 Å². The first-order valence-electron chi connectivity index (χ1n) is 7.67. The van der Waals surface area contributed by atoms with Gasteiger partial charge in [-0.2, -0.15) is 0 Å². The molecule has 20 heavy (non-hydrogen) atoms. The number of benzene rings is 2. The van der Waals surface area contributed by atoms with Gasteiger partial charge in [0.05, 0.1) is 0 Å². The summed E-state index contributed by atoms with van der Waals surface area (Å²) in [5, 5.41) is 5.72. The Labute approximate surface area is 119 Å². The Kier molecular flexibility index (Phi) is 2.60. The minimum Gasteiger partial charge on any atom is -0.0767 e. The molecule has 2 aliphatic rings. The molecule has 100 valence electrons. The SMILES string of the molecule is CC1c2c3c(ccc2=CC[C@@H]1C)=c1ccccc1=CC3. The summed E-state index contributed by atoms with van der Waals surface area (Å²) in [6.07, 6.45) is 7.12. The van der Waals surface area contributed by atoms with E-state index in [9.17, 15) is 0 Å². The summed E-state index contributed by atoms with van der Waals surface area (Å²) in [6, 6.07) is 13.4. The van der Waals surface area contributed by atoms with Crippen molar-refractivity contribution in [3.63, 3.8) is 0 Å². The quantitative estimate of drug-likeness (QED) is 0.682. The first kappa shape index (κ1) is 12.0. The second kappa shape index (κ2) is 4.34. The summed E-state index contributed by atoms with van der Waals surface area (Å²) in [5.41, 5.74) is 3.17. The minimum atomic E-state index is 0.670. The van der Waals surface area contributed by atoms with Crippen LogP contribution in [0.5, 0.6) is 0 Å². The number of fused-ring (bicyclic) bond motifs is 4. The Hall–Kier alpha value is -1.82. The van der Waals surface area contributed by atoms with Crippen molar-refractivity contribution in [3.8, 4) is 0 Å². The van der Waals surface area contributed by atoms with Crippen LogP contribution in [0.25, 0.3) is 12.2 Å². The van der Waals surface area contributed by atoms with Crippen LogP contribution >= 0.6 is 0 Å². The fourth-order valence-corrected chi connectivity index (χ4v) is 3.80. The van der Waals surface area contributed by atoms with Crippen molar-refractivity contribution in [2.75, 3.05) is 0 Å². The second-order valence-electron chi connectivity index (χ2n) is 6.30. The predicted octanol–water partition coefficient (Wildman–Crippen LogP) is 3.23. The van der Waals surface area contributed by atoms with E-state index in [1.165, 1.54) is 27.3 Å². The van der Waals surface area contributed by atoms with Crippen LogP contribution in [0.15, 0.2) is 36.4 Å². The molecule has 0 saturated heterocycles. The maximum Gasteiger partial charge on any atom is -0.00790 e. The van der Waals surface area contributed by atoms with Gasteiger partial charge in [-0.25, -0.2) is 0 Å². The molecule has 0 heteroatoms. The maximum atomic E-state index is 2.43. The molecular weight excluding hydrogens is 240 g/mol. The van der Waals surface area contributed by atoms with Gasteiger partial charge in [-0.1, -0.05) is 62.4 Å². The molecule has 0 bridgehead atoms. The van der Waals surface area contributed by atoms with Crippen LogP contribution in [-0.2, 0) is 6.42 Å². The molecule has 1 unspecified atom stereocenters. The summed E-state index contributed by atoms with van der Waals surface area (Å²) in [7, 11) is 0. The monoisotopic (exact) mass is 260 g/mol. The van der Waals surface area contributed by atoms with Crippen LogP contribution in [0.1, 0.15) is 37.3 Å². The third-order valence-corrected chi connectivity index (χ3v) is 5.19. The zero-order chi connectivity index (χ0) is 13.7. The van der Waals surface area contributed by atoms with Crippen LogP contribution in [0.4, 0.5) is 0 Å². The standard InChI is InChI=1S/C20H20/c1-13-7-8-16-10-11-18-17-6-4-3-5-15(17)9-12-19(18)20(16)14(13)2/h3-6,8-11,13-14H,7,12H2,1-2H3/t13-,14?/m0/s1. The molecule has 2 aliphatic carbocycles. The summed E-state index contributed by atoms with van der Waals surface area (Å²) >= 11 is 0. The fraction of sp³-hybridized carbons (Fsp3) is 0.300. The molecule has 0 saturated carbocycles. The molecule has 0 radical (unpaired) electrons. The van der Waals surface area contributed by atoms with E-state index in [0.29, 0.717) is 5.92 Å². The van der Waals surface area contributed by atoms with Gasteiger partial charge in [0.2, 0.25) is 0 Å². The van der Waals surface area contributed by atoms with Gasteiger partial charge < -0.3 is 0 Å². The third kappa shape index (κ3) is 1.61. The Morgan fingerprint density at radius 3 is 2.60 bits per heavy atom. The Balaban J connectivity index is 2.19. The molecule has 0 aromatic heterocycles. The van der Waals surface area contributed by atoms with Crippen molar-refractivity contribution in [2.24, 2.45) is 5.92 Å². The normalized spacial score (nSPS) is 22.9. The van der Waals surface area contributed by atoms with Crippen molar-refractivity contribution in [1.29, 1.82) is 0 Å². The van der Waals surface area contributed by atoms with Gasteiger partial charge in [0.1, 0.15) is 0 Å². The van der Waals surface area contributed by atoms with Crippen molar-refractivity contribution < 1.29 is 0 Å². The van der Waals surface area contributed by atoms with Crippen LogP contribution in [-0.4, -0.2) is 0 Å². The zero-order valence-electron chi connectivity index (χ0n) is 12.2. The topological polar surface area (TPSA) is 0 Å². The highest BCUT2D eigenvalue weighted by atomic mass is 14.3. The highest BCUT2D eigenvalue weighted by Crippen LogP contribution is 2.31. The lowest BCUT2D eigenvalue weighted by Gasteiger charge is -2.27. The van der Waals surface area contributed by atoms with Gasteiger partial charge in [0.25, 0.3) is 0 Å². The lowest BCUT2D eigenvalue weighted by Crippen LogP contribution is -2.25. The first-order valence-corrected chi connectivity index (χ1v) is 7.67. The molecule has 0 nitrogen and oxygen atoms in total. The number of rotatable bonds is 0. The van der Waals surface area contributed by atoms with Crippen molar-refractivity contribution in [3.05, 3.63) is 68.4 Å². The van der Waals surface area contributed by atoms with Crippen molar-refractivity contribution in [2.45, 2.75) is 32.6 Å². The number of hydrogen-bond acceptors (Lipinski definition) is 0. The minimum absolute atomic E-state index is 0.670. The summed E-state index contributed by atoms with van der Waals surface area (Å²) < 4.78 is 0. The molecule has 2 aromatic rings. The summed E-state index contributed by atoms with van der Waals surface area (Å²) in [4.78, 5) is 0. The maximum absolute atomic E-state index is 2.43. The smallest absolute Gasteiger partial charge is 0.00790 e. The van der Waals surface area contributed by atoms with E-state index in [0.717, 1.165) is 12.3 Å². The highest BCUT2D eigenvalue weighted by Gasteiger charge is 2.22. The molecular formula is C20H20. The van der Waals surface area contributed by atoms with E-state index in [2.05, 4.69) is 62.4 Å². The largest absolute Gasteiger partial charge is 0.0767 e. The van der Waals surface area contributed by atoms with E-state index >= 15 is 0 Å². The first-order chi connectivity index (χ1) is 9.75. The molecule has 4 rings (SSSR count). The van der Waals surface area contributed by atoms with Gasteiger partial charge in [0, 0.05) is 0 Å². The van der Waals surface area contributed by atoms with E-state index < -0.39 is 0 Å². The lowest BCUT2D eigenvalue weighted by atomic mass is 9.77. The Morgan fingerprint density at radius 2 is 1.70 bits per heavy atom. The highest BCUT2D eigenvalue weighted by molar-refractivity contribution is 5.49. The van der Waals surface area contributed by atoms with Gasteiger partial charge in [-0.3, -0.25) is 0 Å². The molecule has 0 amide bonds. The van der Waals surface area contributed by atoms with Crippen LogP contribution in [0.2, 0.25) is 0 Å². The second-order valence-corrected chi connectivity index (χ2v) is 6.30. The molecule has 0 N–H and O–H groups in total. The zero-order valence-corrected chi connectivity index (χ0v) is 12.2. The van der Waals surface area contributed by atoms with Gasteiger partial charge >= 0.3 is 0 Å². The number of hydrogen-bond donors (Lipinski definition) is 0. The molecule has 2 atom stereocenters. The van der Waals surface area contributed by atoms with E-state index in [-0.39, 0.29) is 0 Å². The van der Waals surface area contributed by atoms with E-state index in [1.807, 2.05) is 0 Å². The third-order valence-electron chi connectivity index (χ3n) is 5.19. The van der Waals surface area contributed by atoms with Gasteiger partial charge in [0.15, 0.2) is 0 Å². The van der Waals surface area contributed by atoms with Crippen molar-refractivity contribution in [1.82, 2.24) is 0 Å². The Bertz CT molecular complexity index is 887. The molecule has 0 heterocycles. The van der Waals surface area contributed by atoms with Gasteiger partial charge in [-0.05, 0) is 56.7 Å². The van der Waals surface area contributed by atoms with Crippen LogP contribution < -0.4 is 10.4 Å². The van der Waals surface area contributed by atoms with Crippen molar-refractivity contribution >= 4 is 12.2 Å². The molecule has 0 aliphatic heterocycles. The Morgan fingerprint density at radius 1 is 0.850 bits per heavy atom. The van der Waals surface area contributed by atoms with Gasteiger partial charge in [-0.15, -0.1) is 0 Å². The lowest BCUT2D eigenvalue weighted by molar-refractivity contribution is 0.489. The average molecular weight is 260 g/mol. The molecule has 0 fully saturated rings. The average Bonchev–Trinajstić information content (AvgIpc) is 2.50. The van der Waals surface area contributed by atoms with E-state index in [4.69, 9.17) is 0 Å².